The molecule has 1 aliphatic rings. The number of piperazine rings is 1. The maximum absolute atomic E-state index is 12.9. The molecule has 1 fully saturated rings. The zero-order chi connectivity index (χ0) is 23.5. The van der Waals surface area contributed by atoms with E-state index in [1.54, 1.807) is 6.20 Å². The average Bonchev–Trinajstić information content (AvgIpc) is 3.55. The minimum absolute atomic E-state index is 0.0107. The van der Waals surface area contributed by atoms with Crippen LogP contribution in [-0.2, 0) is 11.2 Å². The Morgan fingerprint density at radius 1 is 1.09 bits per heavy atom. The SMILES string of the molecule is Cc1ccc(-c2noc(C(C)N3CCN(C(=O)Cc4csc(-c5ccccn5)n4)CC3)n2)cc1. The lowest BCUT2D eigenvalue weighted by atomic mass is 10.1. The van der Waals surface area contributed by atoms with Crippen molar-refractivity contribution >= 4 is 17.2 Å². The Morgan fingerprint density at radius 3 is 2.62 bits per heavy atom. The van der Waals surface area contributed by atoms with Gasteiger partial charge in [0.25, 0.3) is 0 Å². The highest BCUT2D eigenvalue weighted by atomic mass is 32.1. The van der Waals surface area contributed by atoms with Gasteiger partial charge in [-0.2, -0.15) is 4.98 Å². The van der Waals surface area contributed by atoms with Gasteiger partial charge in [-0.3, -0.25) is 14.7 Å². The van der Waals surface area contributed by atoms with E-state index in [9.17, 15) is 4.79 Å². The molecule has 1 amide bonds. The van der Waals surface area contributed by atoms with E-state index in [0.717, 1.165) is 35.0 Å². The summed E-state index contributed by atoms with van der Waals surface area (Å²) in [6.07, 6.45) is 2.06. The topological polar surface area (TPSA) is 88.3 Å². The van der Waals surface area contributed by atoms with Crippen LogP contribution in [0.4, 0.5) is 0 Å². The van der Waals surface area contributed by atoms with Crippen molar-refractivity contribution in [3.05, 3.63) is 71.2 Å². The van der Waals surface area contributed by atoms with Gasteiger partial charge in [0, 0.05) is 43.3 Å². The molecule has 1 atom stereocenters. The molecule has 0 aliphatic carbocycles. The number of hydrogen-bond donors (Lipinski definition) is 0. The third-order valence-electron chi connectivity index (χ3n) is 6.09. The van der Waals surface area contributed by atoms with Gasteiger partial charge in [0.15, 0.2) is 0 Å². The lowest BCUT2D eigenvalue weighted by molar-refractivity contribution is -0.132. The third-order valence-corrected chi connectivity index (χ3v) is 7.01. The van der Waals surface area contributed by atoms with Gasteiger partial charge in [0.2, 0.25) is 17.6 Å². The number of benzene rings is 1. The molecule has 4 heterocycles. The molecule has 1 unspecified atom stereocenters. The summed E-state index contributed by atoms with van der Waals surface area (Å²) in [7, 11) is 0. The van der Waals surface area contributed by atoms with Crippen molar-refractivity contribution in [1.82, 2.24) is 29.9 Å². The first-order valence-electron chi connectivity index (χ1n) is 11.3. The summed E-state index contributed by atoms with van der Waals surface area (Å²) in [5, 5.41) is 6.94. The van der Waals surface area contributed by atoms with Crippen molar-refractivity contribution in [3.8, 4) is 22.1 Å². The molecule has 0 bridgehead atoms. The second-order valence-corrected chi connectivity index (χ2v) is 9.31. The number of amides is 1. The van der Waals surface area contributed by atoms with Crippen LogP contribution in [0, 0.1) is 6.92 Å². The van der Waals surface area contributed by atoms with E-state index in [2.05, 4.69) is 31.9 Å². The Kier molecular flexibility index (Phi) is 6.46. The molecule has 0 spiro atoms. The van der Waals surface area contributed by atoms with Crippen molar-refractivity contribution in [2.75, 3.05) is 26.2 Å². The lowest BCUT2D eigenvalue weighted by Gasteiger charge is -2.36. The molecule has 0 radical (unpaired) electrons. The molecule has 34 heavy (non-hydrogen) atoms. The fourth-order valence-corrected chi connectivity index (χ4v) is 4.80. The van der Waals surface area contributed by atoms with Crippen LogP contribution in [0.2, 0.25) is 0 Å². The number of carbonyl (C=O) groups excluding carboxylic acids is 1. The van der Waals surface area contributed by atoms with Crippen LogP contribution >= 0.6 is 11.3 Å². The number of thiazole rings is 1. The molecule has 1 aromatic carbocycles. The van der Waals surface area contributed by atoms with Gasteiger partial charge in [0.05, 0.1) is 23.9 Å². The normalized spacial score (nSPS) is 15.4. The molecule has 8 nitrogen and oxygen atoms in total. The number of pyridine rings is 1. The van der Waals surface area contributed by atoms with Gasteiger partial charge in [-0.15, -0.1) is 11.3 Å². The van der Waals surface area contributed by atoms with E-state index in [0.29, 0.717) is 31.2 Å². The number of aromatic nitrogens is 4. The smallest absolute Gasteiger partial charge is 0.244 e. The minimum atomic E-state index is -0.0107. The summed E-state index contributed by atoms with van der Waals surface area (Å²) < 4.78 is 5.56. The molecule has 0 saturated carbocycles. The van der Waals surface area contributed by atoms with Crippen molar-refractivity contribution in [1.29, 1.82) is 0 Å². The van der Waals surface area contributed by atoms with Crippen LogP contribution in [0.25, 0.3) is 22.1 Å². The van der Waals surface area contributed by atoms with E-state index in [1.807, 2.05) is 59.7 Å². The minimum Gasteiger partial charge on any atom is -0.340 e. The van der Waals surface area contributed by atoms with Crippen LogP contribution < -0.4 is 0 Å². The Morgan fingerprint density at radius 2 is 1.88 bits per heavy atom. The molecule has 1 saturated heterocycles. The van der Waals surface area contributed by atoms with Crippen LogP contribution in [0.1, 0.15) is 30.1 Å². The summed E-state index contributed by atoms with van der Waals surface area (Å²) in [4.78, 5) is 30.6. The summed E-state index contributed by atoms with van der Waals surface area (Å²) in [6, 6.07) is 13.8. The van der Waals surface area contributed by atoms with E-state index < -0.39 is 0 Å². The monoisotopic (exact) mass is 474 g/mol. The van der Waals surface area contributed by atoms with Gasteiger partial charge in [-0.05, 0) is 26.0 Å². The molecular formula is C25H26N6O2S. The van der Waals surface area contributed by atoms with Crippen molar-refractivity contribution in [2.24, 2.45) is 0 Å². The number of carbonyl (C=O) groups is 1. The zero-order valence-electron chi connectivity index (χ0n) is 19.2. The number of nitrogens with zero attached hydrogens (tertiary/aromatic N) is 6. The molecule has 9 heteroatoms. The standard InChI is InChI=1S/C25H26N6O2S/c1-17-6-8-19(9-7-17)23-28-24(33-29-23)18(2)30-11-13-31(14-12-30)22(32)15-20-16-34-25(27-20)21-5-3-4-10-26-21/h3-10,16,18H,11-15H2,1-2H3. The highest BCUT2D eigenvalue weighted by Crippen LogP contribution is 2.25. The summed E-state index contributed by atoms with van der Waals surface area (Å²) in [6.45, 7) is 6.96. The van der Waals surface area contributed by atoms with E-state index in [1.165, 1.54) is 16.9 Å². The maximum atomic E-state index is 12.9. The molecule has 1 aliphatic heterocycles. The summed E-state index contributed by atoms with van der Waals surface area (Å²) in [5.41, 5.74) is 3.76. The van der Waals surface area contributed by atoms with Crippen molar-refractivity contribution < 1.29 is 9.32 Å². The second-order valence-electron chi connectivity index (χ2n) is 8.45. The molecule has 3 aromatic heterocycles. The van der Waals surface area contributed by atoms with Gasteiger partial charge < -0.3 is 9.42 Å². The third kappa shape index (κ3) is 4.90. The first kappa shape index (κ1) is 22.4. The molecule has 0 N–H and O–H groups in total. The predicted octanol–water partition coefficient (Wildman–Crippen LogP) is 4.01. The van der Waals surface area contributed by atoms with E-state index >= 15 is 0 Å². The van der Waals surface area contributed by atoms with Gasteiger partial charge in [-0.1, -0.05) is 41.1 Å². The highest BCUT2D eigenvalue weighted by molar-refractivity contribution is 7.13. The number of rotatable bonds is 6. The van der Waals surface area contributed by atoms with Gasteiger partial charge in [0.1, 0.15) is 5.01 Å². The first-order chi connectivity index (χ1) is 16.6. The molecular weight excluding hydrogens is 448 g/mol. The van der Waals surface area contributed by atoms with E-state index in [4.69, 9.17) is 4.52 Å². The second kappa shape index (κ2) is 9.82. The van der Waals surface area contributed by atoms with Crippen molar-refractivity contribution in [3.63, 3.8) is 0 Å². The Labute approximate surface area is 202 Å². The lowest BCUT2D eigenvalue weighted by Crippen LogP contribution is -2.49. The van der Waals surface area contributed by atoms with Gasteiger partial charge >= 0.3 is 0 Å². The van der Waals surface area contributed by atoms with E-state index in [-0.39, 0.29) is 11.9 Å². The molecule has 5 rings (SSSR count). The number of hydrogen-bond acceptors (Lipinski definition) is 8. The Balaban J connectivity index is 1.15. The summed E-state index contributed by atoms with van der Waals surface area (Å²) in [5.74, 6) is 1.30. The fraction of sp³-hybridized carbons (Fsp3) is 0.320. The zero-order valence-corrected chi connectivity index (χ0v) is 20.0. The molecule has 4 aromatic rings. The Bertz CT molecular complexity index is 1250. The van der Waals surface area contributed by atoms with Crippen LogP contribution in [0.5, 0.6) is 0 Å². The molecule has 174 valence electrons. The average molecular weight is 475 g/mol. The van der Waals surface area contributed by atoms with Crippen molar-refractivity contribution in [2.45, 2.75) is 26.3 Å². The highest BCUT2D eigenvalue weighted by Gasteiger charge is 2.28. The van der Waals surface area contributed by atoms with Crippen LogP contribution in [0.15, 0.2) is 58.6 Å². The Hall–Kier alpha value is -3.43. The quantitative estimate of drug-likeness (QED) is 0.417. The fourth-order valence-electron chi connectivity index (χ4n) is 4.00. The van der Waals surface area contributed by atoms with Crippen LogP contribution in [-0.4, -0.2) is 62.0 Å². The maximum Gasteiger partial charge on any atom is 0.244 e. The van der Waals surface area contributed by atoms with Crippen LogP contribution in [0.3, 0.4) is 0 Å². The first-order valence-corrected chi connectivity index (χ1v) is 12.2. The number of aryl methyl sites for hydroxylation is 1. The predicted molar refractivity (Wildman–Crippen MR) is 130 cm³/mol. The summed E-state index contributed by atoms with van der Waals surface area (Å²) >= 11 is 1.52. The van der Waals surface area contributed by atoms with Gasteiger partial charge in [-0.25, -0.2) is 4.98 Å². The largest absolute Gasteiger partial charge is 0.340 e.